The van der Waals surface area contributed by atoms with Gasteiger partial charge in [0.15, 0.2) is 5.65 Å². The maximum Gasteiger partial charge on any atom is 0.161 e. The molecule has 1 saturated heterocycles. The van der Waals surface area contributed by atoms with Crippen molar-refractivity contribution in [3.8, 4) is 17.0 Å². The maximum absolute atomic E-state index is 5.26. The summed E-state index contributed by atoms with van der Waals surface area (Å²) in [6, 6.07) is 10.2. The SMILES string of the molecule is COc1ccc(-c2nn3c(N4CCCCC4)cc(C)nc3c2C)cc1. The standard InChI is InChI=1S/C20H24N4O/c1-14-13-18(23-11-5-4-6-12-23)24-20(21-14)15(2)19(22-24)16-7-9-17(25-3)10-8-16/h7-10,13H,4-6,11-12H2,1-3H3. The summed E-state index contributed by atoms with van der Waals surface area (Å²) in [7, 11) is 1.68. The molecular formula is C20H24N4O. The highest BCUT2D eigenvalue weighted by Crippen LogP contribution is 2.30. The molecule has 3 heterocycles. The highest BCUT2D eigenvalue weighted by atomic mass is 16.5. The van der Waals surface area contributed by atoms with Crippen molar-refractivity contribution in [1.82, 2.24) is 14.6 Å². The van der Waals surface area contributed by atoms with Crippen molar-refractivity contribution in [2.45, 2.75) is 33.1 Å². The minimum atomic E-state index is 0.855. The van der Waals surface area contributed by atoms with Gasteiger partial charge in [0.1, 0.15) is 11.6 Å². The second-order valence-electron chi connectivity index (χ2n) is 6.74. The molecule has 5 heteroatoms. The van der Waals surface area contributed by atoms with Crippen molar-refractivity contribution < 1.29 is 4.74 Å². The fourth-order valence-corrected chi connectivity index (χ4v) is 3.60. The predicted molar refractivity (Wildman–Crippen MR) is 101 cm³/mol. The summed E-state index contributed by atoms with van der Waals surface area (Å²) in [5.41, 5.74) is 5.18. The molecule has 3 aromatic rings. The first-order valence-corrected chi connectivity index (χ1v) is 8.94. The fraction of sp³-hybridized carbons (Fsp3) is 0.400. The van der Waals surface area contributed by atoms with E-state index in [1.165, 1.54) is 19.3 Å². The minimum absolute atomic E-state index is 0.855. The van der Waals surface area contributed by atoms with E-state index in [0.29, 0.717) is 0 Å². The van der Waals surface area contributed by atoms with Gasteiger partial charge >= 0.3 is 0 Å². The second-order valence-corrected chi connectivity index (χ2v) is 6.74. The van der Waals surface area contributed by atoms with Crippen molar-refractivity contribution in [3.05, 3.63) is 41.6 Å². The Hall–Kier alpha value is -2.56. The Morgan fingerprint density at radius 3 is 2.40 bits per heavy atom. The zero-order valence-corrected chi connectivity index (χ0v) is 15.1. The van der Waals surface area contributed by atoms with E-state index in [9.17, 15) is 0 Å². The largest absolute Gasteiger partial charge is 0.497 e. The summed E-state index contributed by atoms with van der Waals surface area (Å²) in [6.07, 6.45) is 3.81. The van der Waals surface area contributed by atoms with Gasteiger partial charge in [0.2, 0.25) is 0 Å². The molecule has 0 aliphatic carbocycles. The monoisotopic (exact) mass is 336 g/mol. The first-order valence-electron chi connectivity index (χ1n) is 8.94. The molecule has 0 bridgehead atoms. The summed E-state index contributed by atoms with van der Waals surface area (Å²) in [5, 5.41) is 4.93. The Morgan fingerprint density at radius 1 is 1.00 bits per heavy atom. The number of nitrogens with zero attached hydrogens (tertiary/aromatic N) is 4. The lowest BCUT2D eigenvalue weighted by Gasteiger charge is -2.29. The average molecular weight is 336 g/mol. The maximum atomic E-state index is 5.26. The second kappa shape index (κ2) is 6.39. The number of methoxy groups -OCH3 is 1. The number of hydrogen-bond acceptors (Lipinski definition) is 4. The van der Waals surface area contributed by atoms with Crippen LogP contribution in [0.15, 0.2) is 30.3 Å². The fourth-order valence-electron chi connectivity index (χ4n) is 3.60. The Morgan fingerprint density at radius 2 is 1.72 bits per heavy atom. The van der Waals surface area contributed by atoms with Crippen molar-refractivity contribution in [2.75, 3.05) is 25.1 Å². The van der Waals surface area contributed by atoms with Crippen LogP contribution in [0.3, 0.4) is 0 Å². The van der Waals surface area contributed by atoms with Crippen molar-refractivity contribution in [3.63, 3.8) is 0 Å². The third-order valence-electron chi connectivity index (χ3n) is 4.97. The van der Waals surface area contributed by atoms with Crippen LogP contribution >= 0.6 is 0 Å². The summed E-state index contributed by atoms with van der Waals surface area (Å²) >= 11 is 0. The van der Waals surface area contributed by atoms with Crippen LogP contribution in [0, 0.1) is 13.8 Å². The molecule has 0 N–H and O–H groups in total. The molecule has 130 valence electrons. The van der Waals surface area contributed by atoms with Crippen molar-refractivity contribution in [1.29, 1.82) is 0 Å². The number of hydrogen-bond donors (Lipinski definition) is 0. The Balaban J connectivity index is 1.85. The van der Waals surface area contributed by atoms with E-state index in [1.807, 2.05) is 16.6 Å². The zero-order valence-electron chi connectivity index (χ0n) is 15.1. The molecule has 0 saturated carbocycles. The summed E-state index contributed by atoms with van der Waals surface area (Å²) in [5.74, 6) is 2.01. The molecule has 0 unspecified atom stereocenters. The Labute approximate surface area is 148 Å². The van der Waals surface area contributed by atoms with Crippen LogP contribution in [0.25, 0.3) is 16.9 Å². The van der Waals surface area contributed by atoms with E-state index >= 15 is 0 Å². The number of aryl methyl sites for hydroxylation is 2. The molecule has 0 amide bonds. The molecule has 4 rings (SSSR count). The molecule has 5 nitrogen and oxygen atoms in total. The van der Waals surface area contributed by atoms with Gasteiger partial charge in [0.05, 0.1) is 12.8 Å². The van der Waals surface area contributed by atoms with Gasteiger partial charge in [-0.05, 0) is 57.4 Å². The third-order valence-corrected chi connectivity index (χ3v) is 4.97. The summed E-state index contributed by atoms with van der Waals surface area (Å²) in [4.78, 5) is 7.20. The molecule has 0 spiro atoms. The number of piperidine rings is 1. The first kappa shape index (κ1) is 15.9. The van der Waals surface area contributed by atoms with E-state index in [2.05, 4.69) is 36.9 Å². The molecular weight excluding hydrogens is 312 g/mol. The molecule has 1 aromatic carbocycles. The Kier molecular flexibility index (Phi) is 4.07. The molecule has 1 aliphatic heterocycles. The van der Waals surface area contributed by atoms with E-state index in [0.717, 1.165) is 52.8 Å². The van der Waals surface area contributed by atoms with Gasteiger partial charge in [0.25, 0.3) is 0 Å². The molecule has 2 aromatic heterocycles. The third kappa shape index (κ3) is 2.84. The van der Waals surface area contributed by atoms with Crippen LogP contribution in [0.2, 0.25) is 0 Å². The number of benzene rings is 1. The summed E-state index contributed by atoms with van der Waals surface area (Å²) in [6.45, 7) is 6.35. The van der Waals surface area contributed by atoms with Crippen LogP contribution in [-0.4, -0.2) is 34.8 Å². The van der Waals surface area contributed by atoms with Crippen molar-refractivity contribution >= 4 is 11.5 Å². The van der Waals surface area contributed by atoms with Crippen molar-refractivity contribution in [2.24, 2.45) is 0 Å². The van der Waals surface area contributed by atoms with Crippen LogP contribution in [0.4, 0.5) is 5.82 Å². The van der Waals surface area contributed by atoms with Gasteiger partial charge < -0.3 is 9.64 Å². The number of aromatic nitrogens is 3. The minimum Gasteiger partial charge on any atom is -0.497 e. The van der Waals surface area contributed by atoms with Crippen LogP contribution in [0.1, 0.15) is 30.5 Å². The predicted octanol–water partition coefficient (Wildman–Crippen LogP) is 4.01. The average Bonchev–Trinajstić information content (AvgIpc) is 2.98. The lowest BCUT2D eigenvalue weighted by atomic mass is 10.1. The number of ether oxygens (including phenoxy) is 1. The van der Waals surface area contributed by atoms with Gasteiger partial charge in [-0.1, -0.05) is 0 Å². The topological polar surface area (TPSA) is 42.7 Å². The Bertz CT molecular complexity index is 892. The lowest BCUT2D eigenvalue weighted by molar-refractivity contribution is 0.415. The van der Waals surface area contributed by atoms with Gasteiger partial charge in [-0.3, -0.25) is 0 Å². The highest BCUT2D eigenvalue weighted by molar-refractivity contribution is 5.72. The molecule has 1 aliphatic rings. The normalized spacial score (nSPS) is 14.9. The van der Waals surface area contributed by atoms with Crippen LogP contribution in [-0.2, 0) is 0 Å². The van der Waals surface area contributed by atoms with E-state index in [1.54, 1.807) is 7.11 Å². The number of fused-ring (bicyclic) bond motifs is 1. The molecule has 0 radical (unpaired) electrons. The van der Waals surface area contributed by atoms with Gasteiger partial charge in [0, 0.05) is 36.0 Å². The number of anilines is 1. The quantitative estimate of drug-likeness (QED) is 0.725. The molecule has 0 atom stereocenters. The smallest absolute Gasteiger partial charge is 0.161 e. The zero-order chi connectivity index (χ0) is 17.4. The van der Waals surface area contributed by atoms with E-state index in [-0.39, 0.29) is 0 Å². The van der Waals surface area contributed by atoms with Gasteiger partial charge in [-0.2, -0.15) is 9.61 Å². The molecule has 1 fully saturated rings. The highest BCUT2D eigenvalue weighted by Gasteiger charge is 2.19. The van der Waals surface area contributed by atoms with Crippen LogP contribution < -0.4 is 9.64 Å². The van der Waals surface area contributed by atoms with Crippen LogP contribution in [0.5, 0.6) is 5.75 Å². The van der Waals surface area contributed by atoms with Gasteiger partial charge in [-0.25, -0.2) is 4.98 Å². The van der Waals surface area contributed by atoms with E-state index in [4.69, 9.17) is 14.8 Å². The summed E-state index contributed by atoms with van der Waals surface area (Å²) < 4.78 is 7.28. The molecule has 25 heavy (non-hydrogen) atoms. The first-order chi connectivity index (χ1) is 12.2. The number of rotatable bonds is 3. The van der Waals surface area contributed by atoms with Gasteiger partial charge in [-0.15, -0.1) is 0 Å². The van der Waals surface area contributed by atoms with E-state index < -0.39 is 0 Å². The lowest BCUT2D eigenvalue weighted by Crippen LogP contribution is -2.31.